The second-order valence-electron chi connectivity index (χ2n) is 7.47. The Bertz CT molecular complexity index is 793. The average Bonchev–Trinajstić information content (AvgIpc) is 3.46. The van der Waals surface area contributed by atoms with Crippen molar-refractivity contribution in [2.45, 2.75) is 62.4 Å². The first-order valence-corrected chi connectivity index (χ1v) is 10.7. The minimum Gasteiger partial charge on any atom is -0.372 e. The second-order valence-corrected chi connectivity index (χ2v) is 8.78. The molecule has 0 unspecified atom stereocenters. The summed E-state index contributed by atoms with van der Waals surface area (Å²) in [4.78, 5) is 15.0. The van der Waals surface area contributed by atoms with Crippen molar-refractivity contribution in [1.29, 1.82) is 0 Å². The van der Waals surface area contributed by atoms with Gasteiger partial charge in [-0.1, -0.05) is 11.8 Å². The maximum atomic E-state index is 12.6. The predicted octanol–water partition coefficient (Wildman–Crippen LogP) is 4.03. The molecule has 1 saturated heterocycles. The highest BCUT2D eigenvalue weighted by molar-refractivity contribution is 8.00. The third-order valence-corrected chi connectivity index (χ3v) is 6.31. The molecule has 2 heterocycles. The van der Waals surface area contributed by atoms with Crippen LogP contribution in [0.3, 0.4) is 0 Å². The van der Waals surface area contributed by atoms with E-state index in [9.17, 15) is 4.79 Å². The molecule has 27 heavy (non-hydrogen) atoms. The molecule has 2 aromatic rings. The summed E-state index contributed by atoms with van der Waals surface area (Å²) in [6.07, 6.45) is 6.21. The first-order valence-electron chi connectivity index (χ1n) is 9.86. The number of carbonyl (C=O) groups excluding carboxylic acids is 1. The van der Waals surface area contributed by atoms with Crippen LogP contribution >= 0.6 is 11.8 Å². The molecule has 2 fully saturated rings. The van der Waals surface area contributed by atoms with Crippen LogP contribution in [0.25, 0.3) is 0 Å². The van der Waals surface area contributed by atoms with Gasteiger partial charge in [0.05, 0.1) is 5.25 Å². The number of thioether (sulfide) groups is 1. The maximum Gasteiger partial charge on any atom is 0.237 e. The Morgan fingerprint density at radius 3 is 2.52 bits per heavy atom. The smallest absolute Gasteiger partial charge is 0.237 e. The van der Waals surface area contributed by atoms with Crippen LogP contribution in [0.2, 0.25) is 0 Å². The van der Waals surface area contributed by atoms with Gasteiger partial charge < -0.3 is 14.8 Å². The fourth-order valence-corrected chi connectivity index (χ4v) is 4.51. The summed E-state index contributed by atoms with van der Waals surface area (Å²) in [5.41, 5.74) is 2.08. The number of anilines is 2. The minimum absolute atomic E-state index is 0.00581. The van der Waals surface area contributed by atoms with Crippen LogP contribution in [0.4, 0.5) is 11.4 Å². The van der Waals surface area contributed by atoms with Crippen LogP contribution in [0.15, 0.2) is 29.4 Å². The van der Waals surface area contributed by atoms with Crippen LogP contribution in [0, 0.1) is 6.92 Å². The van der Waals surface area contributed by atoms with E-state index in [2.05, 4.69) is 37.1 Å². The topological polar surface area (TPSA) is 63.1 Å². The molecular weight excluding hydrogens is 358 g/mol. The Morgan fingerprint density at radius 2 is 1.85 bits per heavy atom. The molecule has 0 spiro atoms. The first-order chi connectivity index (χ1) is 13.1. The van der Waals surface area contributed by atoms with Gasteiger partial charge in [0.25, 0.3) is 0 Å². The number of carbonyl (C=O) groups is 1. The zero-order valence-electron chi connectivity index (χ0n) is 16.0. The molecular formula is C20H27N5OS. The third kappa shape index (κ3) is 4.29. The lowest BCUT2D eigenvalue weighted by Gasteiger charge is -2.28. The number of nitrogens with zero attached hydrogens (tertiary/aromatic N) is 4. The number of benzene rings is 1. The fourth-order valence-electron chi connectivity index (χ4n) is 3.55. The average molecular weight is 386 g/mol. The molecule has 1 atom stereocenters. The zero-order chi connectivity index (χ0) is 18.8. The van der Waals surface area contributed by atoms with E-state index in [0.29, 0.717) is 6.04 Å². The van der Waals surface area contributed by atoms with Crippen molar-refractivity contribution in [2.24, 2.45) is 0 Å². The number of piperidine rings is 1. The molecule has 1 aromatic heterocycles. The van der Waals surface area contributed by atoms with Crippen molar-refractivity contribution in [3.8, 4) is 0 Å². The van der Waals surface area contributed by atoms with Crippen molar-refractivity contribution < 1.29 is 4.79 Å². The molecule has 6 nitrogen and oxygen atoms in total. The number of aromatic nitrogens is 3. The normalized spacial score (nSPS) is 18.4. The summed E-state index contributed by atoms with van der Waals surface area (Å²) < 4.78 is 2.17. The quantitative estimate of drug-likeness (QED) is 0.761. The summed E-state index contributed by atoms with van der Waals surface area (Å²) in [6, 6.07) is 8.71. The zero-order valence-corrected chi connectivity index (χ0v) is 16.8. The summed E-state index contributed by atoms with van der Waals surface area (Å²) in [5.74, 6) is 0.926. The van der Waals surface area contributed by atoms with E-state index >= 15 is 0 Å². The lowest BCUT2D eigenvalue weighted by atomic mass is 10.1. The van der Waals surface area contributed by atoms with Crippen LogP contribution in [0.1, 0.15) is 50.9 Å². The van der Waals surface area contributed by atoms with Crippen molar-refractivity contribution in [1.82, 2.24) is 14.8 Å². The first kappa shape index (κ1) is 18.3. The minimum atomic E-state index is -0.229. The van der Waals surface area contributed by atoms with Crippen molar-refractivity contribution >= 4 is 29.0 Å². The van der Waals surface area contributed by atoms with E-state index in [-0.39, 0.29) is 11.2 Å². The molecule has 0 bridgehead atoms. The summed E-state index contributed by atoms with van der Waals surface area (Å²) in [6.45, 7) is 6.15. The number of nitrogens with one attached hydrogen (secondary N) is 1. The van der Waals surface area contributed by atoms with Gasteiger partial charge in [-0.3, -0.25) is 4.79 Å². The number of aryl methyl sites for hydroxylation is 1. The highest BCUT2D eigenvalue weighted by atomic mass is 32.2. The highest BCUT2D eigenvalue weighted by Gasteiger charge is 2.29. The highest BCUT2D eigenvalue weighted by Crippen LogP contribution is 2.39. The Balaban J connectivity index is 1.35. The third-order valence-electron chi connectivity index (χ3n) is 5.25. The molecule has 4 rings (SSSR count). The molecule has 144 valence electrons. The van der Waals surface area contributed by atoms with E-state index in [4.69, 9.17) is 0 Å². The summed E-state index contributed by atoms with van der Waals surface area (Å²) in [7, 11) is 0. The Hall–Kier alpha value is -2.02. The van der Waals surface area contributed by atoms with E-state index < -0.39 is 0 Å². The van der Waals surface area contributed by atoms with Gasteiger partial charge in [-0.25, -0.2) is 0 Å². The van der Waals surface area contributed by atoms with Gasteiger partial charge in [0.15, 0.2) is 5.16 Å². The standard InChI is InChI=1S/C20H27N5OS/c1-14(27-20-23-22-15(2)25(20)18-10-11-18)19(26)21-16-6-8-17(9-7-16)24-12-4-3-5-13-24/h6-9,14,18H,3-5,10-13H2,1-2H3,(H,21,26)/t14-/m1/s1. The number of hydrogen-bond acceptors (Lipinski definition) is 5. The van der Waals surface area contributed by atoms with Crippen molar-refractivity contribution in [3.63, 3.8) is 0 Å². The Labute approximate surface area is 164 Å². The van der Waals surface area contributed by atoms with E-state index in [0.717, 1.165) is 29.8 Å². The number of hydrogen-bond donors (Lipinski definition) is 1. The molecule has 1 N–H and O–H groups in total. The summed E-state index contributed by atoms with van der Waals surface area (Å²) >= 11 is 1.48. The van der Waals surface area contributed by atoms with Crippen molar-refractivity contribution in [2.75, 3.05) is 23.3 Å². The van der Waals surface area contributed by atoms with Gasteiger partial charge >= 0.3 is 0 Å². The maximum absolute atomic E-state index is 12.6. The van der Waals surface area contributed by atoms with Crippen molar-refractivity contribution in [3.05, 3.63) is 30.1 Å². The second kappa shape index (κ2) is 7.92. The van der Waals surface area contributed by atoms with Crippen LogP contribution in [0.5, 0.6) is 0 Å². The molecule has 1 aliphatic carbocycles. The number of amides is 1. The molecule has 7 heteroatoms. The van der Waals surface area contributed by atoms with E-state index in [1.165, 1.54) is 49.6 Å². The molecule has 1 amide bonds. The number of rotatable bonds is 6. The summed E-state index contributed by atoms with van der Waals surface area (Å²) in [5, 5.41) is 12.1. The fraction of sp³-hybridized carbons (Fsp3) is 0.550. The lowest BCUT2D eigenvalue weighted by Crippen LogP contribution is -2.29. The van der Waals surface area contributed by atoms with Crippen LogP contribution < -0.4 is 10.2 Å². The molecule has 1 saturated carbocycles. The Kier molecular flexibility index (Phi) is 5.38. The van der Waals surface area contributed by atoms with Gasteiger partial charge in [0.1, 0.15) is 5.82 Å². The Morgan fingerprint density at radius 1 is 1.15 bits per heavy atom. The molecule has 2 aliphatic rings. The largest absolute Gasteiger partial charge is 0.372 e. The lowest BCUT2D eigenvalue weighted by molar-refractivity contribution is -0.115. The molecule has 1 aliphatic heterocycles. The van der Waals surface area contributed by atoms with Crippen LogP contribution in [-0.2, 0) is 4.79 Å². The van der Waals surface area contributed by atoms with E-state index in [1.54, 1.807) is 0 Å². The van der Waals surface area contributed by atoms with Gasteiger partial charge in [-0.2, -0.15) is 0 Å². The van der Waals surface area contributed by atoms with Gasteiger partial charge in [0.2, 0.25) is 5.91 Å². The van der Waals surface area contributed by atoms with Gasteiger partial charge in [-0.05, 0) is 70.2 Å². The SMILES string of the molecule is Cc1nnc(S[C@H](C)C(=O)Nc2ccc(N3CCCCC3)cc2)n1C1CC1. The van der Waals surface area contributed by atoms with E-state index in [1.807, 2.05) is 26.0 Å². The predicted molar refractivity (Wildman–Crippen MR) is 109 cm³/mol. The molecule has 0 radical (unpaired) electrons. The van der Waals surface area contributed by atoms with Gasteiger partial charge in [-0.15, -0.1) is 10.2 Å². The molecule has 1 aromatic carbocycles. The van der Waals surface area contributed by atoms with Gasteiger partial charge in [0, 0.05) is 30.5 Å². The van der Waals surface area contributed by atoms with Crippen LogP contribution in [-0.4, -0.2) is 39.0 Å². The monoisotopic (exact) mass is 385 g/mol.